The smallest absolute Gasteiger partial charge is 0.306 e. The minimum Gasteiger partial charge on any atom is -0.485 e. The molecule has 3 aliphatic rings. The number of benzene rings is 2. The van der Waals surface area contributed by atoms with Gasteiger partial charge in [-0.2, -0.15) is 0 Å². The maximum Gasteiger partial charge on any atom is 0.306 e. The lowest BCUT2D eigenvalue weighted by atomic mass is 9.82. The van der Waals surface area contributed by atoms with Crippen LogP contribution in [0.1, 0.15) is 73.3 Å². The zero-order valence-corrected chi connectivity index (χ0v) is 25.2. The van der Waals surface area contributed by atoms with Crippen LogP contribution in [0.3, 0.4) is 0 Å². The van der Waals surface area contributed by atoms with E-state index < -0.39 is 11.9 Å². The third-order valence-corrected chi connectivity index (χ3v) is 9.54. The Hall–Kier alpha value is -3.49. The number of aromatic nitrogens is 1. The van der Waals surface area contributed by atoms with E-state index in [1.54, 1.807) is 13.2 Å². The fourth-order valence-electron chi connectivity index (χ4n) is 7.05. The molecule has 2 fully saturated rings. The number of carbonyl (C=O) groups is 1. The lowest BCUT2D eigenvalue weighted by molar-refractivity contribution is -0.142. The van der Waals surface area contributed by atoms with Gasteiger partial charge in [0.1, 0.15) is 17.7 Å². The van der Waals surface area contributed by atoms with Crippen molar-refractivity contribution in [1.29, 1.82) is 0 Å². The molecular weight excluding hydrogens is 547 g/mol. The van der Waals surface area contributed by atoms with Crippen molar-refractivity contribution < 1.29 is 28.5 Å². The van der Waals surface area contributed by atoms with Crippen molar-refractivity contribution in [2.45, 2.75) is 70.1 Å². The number of nitrogens with zero attached hydrogens (tertiary/aromatic N) is 2. The first kappa shape index (κ1) is 29.6. The fourth-order valence-corrected chi connectivity index (χ4v) is 7.05. The van der Waals surface area contributed by atoms with Gasteiger partial charge in [0.15, 0.2) is 0 Å². The molecule has 4 atom stereocenters. The molecule has 228 valence electrons. The summed E-state index contributed by atoms with van der Waals surface area (Å²) in [4.78, 5) is 18.4. The number of ether oxygens (including phenoxy) is 3. The molecule has 0 unspecified atom stereocenters. The second kappa shape index (κ2) is 12.6. The molecule has 8 heteroatoms. The van der Waals surface area contributed by atoms with E-state index in [-0.39, 0.29) is 17.8 Å². The predicted molar refractivity (Wildman–Crippen MR) is 162 cm³/mol. The molecule has 3 aromatic rings. The van der Waals surface area contributed by atoms with Gasteiger partial charge in [0, 0.05) is 31.3 Å². The number of hydrogen-bond donors (Lipinski definition) is 1. The predicted octanol–water partition coefficient (Wildman–Crippen LogP) is 6.79. The van der Waals surface area contributed by atoms with Crippen LogP contribution in [0.4, 0.5) is 4.39 Å². The number of hydrogen-bond acceptors (Lipinski definition) is 6. The highest BCUT2D eigenvalue weighted by atomic mass is 19.1. The van der Waals surface area contributed by atoms with Gasteiger partial charge in [-0.05, 0) is 90.8 Å². The SMILES string of the molecule is COC[C@@H]1CCCN1Cc1cc([C@H]2CCc3ccc([C@H](C4CC4)[C@H](C)C(=O)O)cc3O2)ccc1-c1cc(OC)ncc1F. The number of fused-ring (bicyclic) bond motifs is 1. The van der Waals surface area contributed by atoms with Gasteiger partial charge in [-0.3, -0.25) is 9.69 Å². The normalized spacial score (nSPS) is 21.6. The quantitative estimate of drug-likeness (QED) is 0.264. The Labute approximate surface area is 253 Å². The van der Waals surface area contributed by atoms with Crippen LogP contribution in [0.2, 0.25) is 0 Å². The second-order valence-electron chi connectivity index (χ2n) is 12.3. The molecule has 0 bridgehead atoms. The molecule has 1 aromatic heterocycles. The van der Waals surface area contributed by atoms with Gasteiger partial charge in [-0.1, -0.05) is 37.3 Å². The Balaban J connectivity index is 1.32. The summed E-state index contributed by atoms with van der Waals surface area (Å²) in [6.45, 7) is 4.12. The third kappa shape index (κ3) is 6.27. The largest absolute Gasteiger partial charge is 0.485 e. The minimum absolute atomic E-state index is 0.00887. The Morgan fingerprint density at radius 2 is 1.95 bits per heavy atom. The minimum atomic E-state index is -0.755. The van der Waals surface area contributed by atoms with Gasteiger partial charge in [0.25, 0.3) is 0 Å². The molecular formula is C35H41FN2O5. The molecule has 2 aromatic carbocycles. The molecule has 1 aliphatic carbocycles. The maximum atomic E-state index is 15.2. The molecule has 6 rings (SSSR count). The molecule has 1 saturated carbocycles. The van der Waals surface area contributed by atoms with E-state index in [0.717, 1.165) is 78.6 Å². The van der Waals surface area contributed by atoms with Crippen LogP contribution in [0.15, 0.2) is 48.7 Å². The monoisotopic (exact) mass is 588 g/mol. The number of methoxy groups -OCH3 is 2. The summed E-state index contributed by atoms with van der Waals surface area (Å²) in [6, 6.07) is 14.5. The molecule has 0 amide bonds. The number of aryl methyl sites for hydroxylation is 1. The highest BCUT2D eigenvalue weighted by Gasteiger charge is 2.39. The van der Waals surface area contributed by atoms with E-state index in [0.29, 0.717) is 36.6 Å². The van der Waals surface area contributed by atoms with E-state index >= 15 is 4.39 Å². The highest BCUT2D eigenvalue weighted by Crippen LogP contribution is 2.48. The first-order valence-electron chi connectivity index (χ1n) is 15.4. The van der Waals surface area contributed by atoms with Crippen LogP contribution in [-0.2, 0) is 22.5 Å². The number of carboxylic acids is 1. The van der Waals surface area contributed by atoms with Crippen molar-refractivity contribution in [3.8, 4) is 22.8 Å². The zero-order chi connectivity index (χ0) is 30.1. The first-order chi connectivity index (χ1) is 20.9. The summed E-state index contributed by atoms with van der Waals surface area (Å²) in [5.74, 6) is 0.0289. The molecule has 3 heterocycles. The maximum absolute atomic E-state index is 15.2. The average Bonchev–Trinajstić information content (AvgIpc) is 3.76. The van der Waals surface area contributed by atoms with Crippen molar-refractivity contribution in [2.75, 3.05) is 27.4 Å². The van der Waals surface area contributed by atoms with Gasteiger partial charge >= 0.3 is 5.97 Å². The Morgan fingerprint density at radius 3 is 2.70 bits per heavy atom. The van der Waals surface area contributed by atoms with Crippen LogP contribution in [0.25, 0.3) is 11.1 Å². The van der Waals surface area contributed by atoms with Crippen molar-refractivity contribution in [1.82, 2.24) is 9.88 Å². The van der Waals surface area contributed by atoms with E-state index in [1.165, 1.54) is 13.3 Å². The zero-order valence-electron chi connectivity index (χ0n) is 25.2. The van der Waals surface area contributed by atoms with Crippen LogP contribution in [0, 0.1) is 17.7 Å². The van der Waals surface area contributed by atoms with Gasteiger partial charge in [-0.25, -0.2) is 9.37 Å². The number of aliphatic carboxylic acids is 1. The van der Waals surface area contributed by atoms with Crippen molar-refractivity contribution in [3.63, 3.8) is 0 Å². The second-order valence-corrected chi connectivity index (χ2v) is 12.3. The summed E-state index contributed by atoms with van der Waals surface area (Å²) < 4.78 is 32.6. The number of pyridine rings is 1. The lowest BCUT2D eigenvalue weighted by Crippen LogP contribution is -2.32. The summed E-state index contributed by atoms with van der Waals surface area (Å²) in [6.07, 6.45) is 7.09. The van der Waals surface area contributed by atoms with E-state index in [2.05, 4.69) is 34.1 Å². The molecule has 0 radical (unpaired) electrons. The Kier molecular flexibility index (Phi) is 8.68. The number of carboxylic acid groups (broad SMARTS) is 1. The van der Waals surface area contributed by atoms with E-state index in [4.69, 9.17) is 14.2 Å². The van der Waals surface area contributed by atoms with Crippen LogP contribution < -0.4 is 9.47 Å². The summed E-state index contributed by atoms with van der Waals surface area (Å²) in [5.41, 5.74) is 5.57. The van der Waals surface area contributed by atoms with Crippen LogP contribution in [0.5, 0.6) is 11.6 Å². The van der Waals surface area contributed by atoms with Crippen LogP contribution in [-0.4, -0.2) is 54.4 Å². The molecule has 0 spiro atoms. The third-order valence-electron chi connectivity index (χ3n) is 9.54. The van der Waals surface area contributed by atoms with Gasteiger partial charge in [-0.15, -0.1) is 0 Å². The topological polar surface area (TPSA) is 81.1 Å². The number of halogens is 1. The van der Waals surface area contributed by atoms with E-state index in [1.807, 2.05) is 19.1 Å². The van der Waals surface area contributed by atoms with Crippen molar-refractivity contribution >= 4 is 5.97 Å². The Morgan fingerprint density at radius 1 is 1.12 bits per heavy atom. The molecule has 43 heavy (non-hydrogen) atoms. The van der Waals surface area contributed by atoms with Crippen molar-refractivity contribution in [3.05, 3.63) is 76.7 Å². The van der Waals surface area contributed by atoms with Crippen molar-refractivity contribution in [2.24, 2.45) is 11.8 Å². The Bertz CT molecular complexity index is 1470. The first-order valence-corrected chi connectivity index (χ1v) is 15.4. The highest BCUT2D eigenvalue weighted by molar-refractivity contribution is 5.71. The van der Waals surface area contributed by atoms with Gasteiger partial charge < -0.3 is 19.3 Å². The number of rotatable bonds is 11. The summed E-state index contributed by atoms with van der Waals surface area (Å²) >= 11 is 0. The molecule has 1 N–H and O–H groups in total. The van der Waals surface area contributed by atoms with Crippen LogP contribution >= 0.6 is 0 Å². The summed E-state index contributed by atoms with van der Waals surface area (Å²) in [7, 11) is 3.27. The fraction of sp³-hybridized carbons (Fsp3) is 0.486. The standard InChI is InChI=1S/C35H41FN2O5/c1-21(35(39)40)34(23-7-8-23)25-9-6-22-11-13-31(43-32(22)16-25)24-10-12-28(29-17-33(42-3)37-18-30(29)36)26(15-24)19-38-14-4-5-27(38)20-41-2/h6,9-10,12,15-18,21,23,27,31,34H,4-5,7-8,11,13-14,19-20H2,1-3H3,(H,39,40)/t21-,27-,31+,34-/m0/s1. The average molecular weight is 589 g/mol. The molecule has 1 saturated heterocycles. The van der Waals surface area contributed by atoms with Gasteiger partial charge in [0.05, 0.1) is 25.8 Å². The number of likely N-dealkylation sites (tertiary alicyclic amines) is 1. The summed E-state index contributed by atoms with van der Waals surface area (Å²) in [5, 5.41) is 9.77. The lowest BCUT2D eigenvalue weighted by Gasteiger charge is -2.30. The molecule has 7 nitrogen and oxygen atoms in total. The van der Waals surface area contributed by atoms with E-state index in [9.17, 15) is 9.90 Å². The molecule has 2 aliphatic heterocycles. The van der Waals surface area contributed by atoms with Gasteiger partial charge in [0.2, 0.25) is 5.88 Å².